The molecule has 0 aromatic heterocycles. The SMILES string of the molecule is C#CC(C)Oc1cc(N2C(=O)C3=C(CCCC3)C2=O)c(F)cc1Cl.C=CCN(CC=C)C(=O)C(Cl)Cl.CCc1cccc(CC)c1N(COC)C(=O)CCl.O=C(O)CNCP(=O)(O)O. The molecule has 2 aromatic carbocycles. The van der Waals surface area contributed by atoms with Gasteiger partial charge in [0.25, 0.3) is 17.7 Å². The zero-order valence-electron chi connectivity index (χ0n) is 36.0. The number of hydrogen-bond donors (Lipinski definition) is 4. The van der Waals surface area contributed by atoms with Gasteiger partial charge in [-0.2, -0.15) is 0 Å². The number of benzene rings is 2. The van der Waals surface area contributed by atoms with E-state index in [1.807, 2.05) is 18.2 Å². The number of amides is 4. The number of halogens is 5. The lowest BCUT2D eigenvalue weighted by molar-refractivity contribution is -0.136. The van der Waals surface area contributed by atoms with Gasteiger partial charge in [0.05, 0.1) is 29.2 Å². The number of imide groups is 1. The topological polar surface area (TPSA) is 203 Å². The van der Waals surface area contributed by atoms with Crippen molar-refractivity contribution in [1.82, 2.24) is 10.2 Å². The first-order valence-corrected chi connectivity index (χ1v) is 23.2. The normalized spacial score (nSPS) is 13.5. The second-order valence-corrected chi connectivity index (χ2v) is 17.0. The average Bonchev–Trinajstić information content (AvgIpc) is 3.51. The van der Waals surface area contributed by atoms with Crippen LogP contribution in [0.2, 0.25) is 5.02 Å². The third-order valence-corrected chi connectivity index (χ3v) is 10.4. The molecule has 0 saturated carbocycles. The Morgan fingerprint density at radius 3 is 1.98 bits per heavy atom. The Bertz CT molecular complexity index is 2030. The second-order valence-electron chi connectivity index (χ2n) is 13.5. The molecule has 2 aliphatic rings. The first-order chi connectivity index (χ1) is 30.2. The molecule has 0 radical (unpaired) electrons. The summed E-state index contributed by atoms with van der Waals surface area (Å²) in [6, 6.07) is 8.38. The summed E-state index contributed by atoms with van der Waals surface area (Å²) in [5.74, 6) is -0.826. The van der Waals surface area contributed by atoms with E-state index >= 15 is 0 Å². The van der Waals surface area contributed by atoms with Crippen LogP contribution in [0, 0.1) is 18.2 Å². The zero-order valence-corrected chi connectivity index (χ0v) is 39.9. The van der Waals surface area contributed by atoms with E-state index in [-0.39, 0.29) is 40.9 Å². The van der Waals surface area contributed by atoms with Crippen LogP contribution in [0.3, 0.4) is 0 Å². The molecule has 1 unspecified atom stereocenters. The highest BCUT2D eigenvalue weighted by atomic mass is 35.5. The third-order valence-electron chi connectivity index (χ3n) is 8.87. The molecule has 21 heteroatoms. The molecule has 352 valence electrons. The molecular weight excluding hydrogens is 940 g/mol. The van der Waals surface area contributed by atoms with Gasteiger partial charge in [0, 0.05) is 37.4 Å². The molecule has 0 saturated heterocycles. The highest BCUT2D eigenvalue weighted by Gasteiger charge is 2.41. The lowest BCUT2D eigenvalue weighted by Gasteiger charge is -2.26. The number of hydrogen-bond acceptors (Lipinski definition) is 9. The zero-order chi connectivity index (χ0) is 48.7. The highest BCUT2D eigenvalue weighted by molar-refractivity contribution is 7.51. The molecule has 1 heterocycles. The number of terminal acetylenes is 1. The summed E-state index contributed by atoms with van der Waals surface area (Å²) in [5, 5.41) is 10.1. The van der Waals surface area contributed by atoms with Crippen molar-refractivity contribution in [2.24, 2.45) is 0 Å². The van der Waals surface area contributed by atoms with Crippen LogP contribution in [0.4, 0.5) is 15.8 Å². The number of aryl methyl sites for hydroxylation is 2. The Labute approximate surface area is 393 Å². The summed E-state index contributed by atoms with van der Waals surface area (Å²) >= 11 is 22.4. The number of rotatable bonds is 18. The number of ether oxygens (including phenoxy) is 2. The lowest BCUT2D eigenvalue weighted by atomic mass is 9.93. The molecule has 64 heavy (non-hydrogen) atoms. The number of para-hydroxylation sites is 1. The fourth-order valence-corrected chi connectivity index (χ4v) is 7.02. The fourth-order valence-electron chi connectivity index (χ4n) is 6.00. The van der Waals surface area contributed by atoms with Crippen molar-refractivity contribution in [3.05, 3.63) is 88.8 Å². The number of carboxylic acids is 1. The van der Waals surface area contributed by atoms with Crippen LogP contribution in [0.25, 0.3) is 0 Å². The van der Waals surface area contributed by atoms with Crippen LogP contribution in [-0.4, -0.2) is 106 Å². The molecule has 1 aliphatic carbocycles. The van der Waals surface area contributed by atoms with Gasteiger partial charge in [0.2, 0.25) is 5.91 Å². The van der Waals surface area contributed by atoms with Crippen molar-refractivity contribution in [3.8, 4) is 18.1 Å². The number of carbonyl (C=O) groups excluding carboxylic acids is 4. The molecule has 1 atom stereocenters. The summed E-state index contributed by atoms with van der Waals surface area (Å²) in [4.78, 5) is 77.3. The maximum atomic E-state index is 14.4. The van der Waals surface area contributed by atoms with Crippen LogP contribution < -0.4 is 19.9 Å². The second kappa shape index (κ2) is 29.3. The van der Waals surface area contributed by atoms with Crippen LogP contribution in [0.15, 0.2) is 66.8 Å². The lowest BCUT2D eigenvalue weighted by Crippen LogP contribution is -2.35. The van der Waals surface area contributed by atoms with E-state index in [2.05, 4.69) is 38.2 Å². The standard InChI is InChI=1S/C18H15ClFNO3.C14H20ClNO2.C8H11Cl2NO.C3H8NO5P/c1-3-10(2)24-16-9-15(14(20)8-13(16)19)21-17(22)11-6-4-5-7-12(11)18(21)23;1-4-11-7-6-8-12(5-2)14(11)16(10-18-3)13(17)9-15;1-3-5-11(6-4-2)8(12)7(9)10;5-3(6)1-4-2-10(7,8)9/h1,8-10H,4-7H2,2H3;6-8H,4-5,9-10H2,1-3H3;3-4,7H,1-2,5-6H2;4H,1-2H2,(H,5,6)(H2,7,8,9). The smallest absolute Gasteiger partial charge is 0.339 e. The third kappa shape index (κ3) is 18.3. The molecule has 4 rings (SSSR count). The van der Waals surface area contributed by atoms with E-state index < -0.39 is 55.0 Å². The fraction of sp³-hybridized carbons (Fsp3) is 0.419. The Kier molecular flexibility index (Phi) is 26.4. The van der Waals surface area contributed by atoms with Gasteiger partial charge in [-0.15, -0.1) is 31.2 Å². The van der Waals surface area contributed by atoms with E-state index in [0.29, 0.717) is 37.1 Å². The van der Waals surface area contributed by atoms with Gasteiger partial charge in [-0.1, -0.05) is 84.9 Å². The van der Waals surface area contributed by atoms with Crippen LogP contribution in [0.1, 0.15) is 57.6 Å². The van der Waals surface area contributed by atoms with Crippen molar-refractivity contribution < 1.29 is 57.3 Å². The Morgan fingerprint density at radius 2 is 1.58 bits per heavy atom. The molecule has 0 spiro atoms. The van der Waals surface area contributed by atoms with Crippen LogP contribution in [-0.2, 0) is 46.1 Å². The van der Waals surface area contributed by atoms with Gasteiger partial charge in [-0.05, 0) is 62.6 Å². The number of nitrogens with zero attached hydrogens (tertiary/aromatic N) is 3. The molecular formula is C43H54Cl4FN4O11P. The summed E-state index contributed by atoms with van der Waals surface area (Å²) in [7, 11) is -2.52. The molecule has 2 aromatic rings. The summed E-state index contributed by atoms with van der Waals surface area (Å²) in [5.41, 5.74) is 4.05. The Balaban J connectivity index is 0.000000454. The number of methoxy groups -OCH3 is 1. The minimum absolute atomic E-state index is 0.0233. The molecule has 0 fully saturated rings. The average molecular weight is 995 g/mol. The summed E-state index contributed by atoms with van der Waals surface area (Å²) in [6.07, 6.45) is 11.8. The predicted octanol–water partition coefficient (Wildman–Crippen LogP) is 7.40. The van der Waals surface area contributed by atoms with E-state index in [0.717, 1.165) is 53.5 Å². The number of anilines is 2. The Hall–Kier alpha value is -4.27. The highest BCUT2D eigenvalue weighted by Crippen LogP contribution is 2.40. The van der Waals surface area contributed by atoms with Gasteiger partial charge in [0.1, 0.15) is 24.2 Å². The monoisotopic (exact) mass is 992 g/mol. The molecule has 0 bridgehead atoms. The summed E-state index contributed by atoms with van der Waals surface area (Å²) < 4.78 is 35.0. The number of alkyl halides is 3. The van der Waals surface area contributed by atoms with Crippen molar-refractivity contribution >= 4 is 95.0 Å². The summed E-state index contributed by atoms with van der Waals surface area (Å²) in [6.45, 7) is 13.5. The number of nitrogens with one attached hydrogen (secondary N) is 1. The number of aliphatic carboxylic acids is 1. The van der Waals surface area contributed by atoms with Crippen molar-refractivity contribution in [1.29, 1.82) is 0 Å². The van der Waals surface area contributed by atoms with Gasteiger partial charge in [-0.3, -0.25) is 38.8 Å². The molecule has 15 nitrogen and oxygen atoms in total. The molecule has 1 aliphatic heterocycles. The van der Waals surface area contributed by atoms with Crippen LogP contribution >= 0.6 is 54.0 Å². The van der Waals surface area contributed by atoms with Crippen molar-refractivity contribution in [2.75, 3.05) is 55.4 Å². The number of carboxylic acid groups (broad SMARTS) is 1. The van der Waals surface area contributed by atoms with Crippen LogP contribution in [0.5, 0.6) is 5.75 Å². The van der Waals surface area contributed by atoms with E-state index in [9.17, 15) is 32.9 Å². The predicted molar refractivity (Wildman–Crippen MR) is 249 cm³/mol. The quantitative estimate of drug-likeness (QED) is 0.0288. The Morgan fingerprint density at radius 1 is 1.05 bits per heavy atom. The minimum atomic E-state index is -4.10. The molecule has 4 N–H and O–H groups in total. The minimum Gasteiger partial charge on any atom is -0.480 e. The van der Waals surface area contributed by atoms with E-state index in [4.69, 9.17) is 77.2 Å². The number of carbonyl (C=O) groups is 5. The first kappa shape index (κ1) is 57.7. The molecule has 4 amide bonds. The maximum Gasteiger partial charge on any atom is 0.339 e. The van der Waals surface area contributed by atoms with Crippen molar-refractivity contribution in [2.45, 2.75) is 70.2 Å². The van der Waals surface area contributed by atoms with E-state index in [1.54, 1.807) is 31.1 Å². The van der Waals surface area contributed by atoms with E-state index in [1.165, 1.54) is 11.0 Å². The van der Waals surface area contributed by atoms with Gasteiger partial charge < -0.3 is 29.3 Å². The van der Waals surface area contributed by atoms with Gasteiger partial charge >= 0.3 is 13.6 Å². The van der Waals surface area contributed by atoms with Gasteiger partial charge in [0.15, 0.2) is 10.9 Å². The van der Waals surface area contributed by atoms with Gasteiger partial charge in [-0.25, -0.2) is 9.29 Å². The first-order valence-electron chi connectivity index (χ1n) is 19.6. The van der Waals surface area contributed by atoms with Crippen molar-refractivity contribution in [3.63, 3.8) is 0 Å². The maximum absolute atomic E-state index is 14.4. The largest absolute Gasteiger partial charge is 0.480 e.